The van der Waals surface area contributed by atoms with Gasteiger partial charge in [0, 0.05) is 21.2 Å². The molecule has 2 aromatic heterocycles. The summed E-state index contributed by atoms with van der Waals surface area (Å²) >= 11 is 8.92. The number of hydrazone groups is 1. The number of amides is 1. The van der Waals surface area contributed by atoms with Gasteiger partial charge in [-0.2, -0.15) is 5.10 Å². The first-order valence-electron chi connectivity index (χ1n) is 9.89. The van der Waals surface area contributed by atoms with Crippen LogP contribution < -0.4 is 10.2 Å². The lowest BCUT2D eigenvalue weighted by Crippen LogP contribution is -2.20. The summed E-state index contributed by atoms with van der Waals surface area (Å²) in [6.07, 6.45) is 1.65. The Morgan fingerprint density at radius 3 is 2.61 bits per heavy atom. The Morgan fingerprint density at radius 1 is 1.18 bits per heavy atom. The fraction of sp³-hybridized carbons (Fsp3) is 0.130. The summed E-state index contributed by atoms with van der Waals surface area (Å²) in [6.45, 7) is 2.00. The minimum Gasteiger partial charge on any atom is -0.497 e. The molecule has 7 nitrogen and oxygen atoms in total. The molecular formula is C23H20ClN5O2S2. The summed E-state index contributed by atoms with van der Waals surface area (Å²) in [5.74, 6) is 1.30. The molecule has 0 radical (unpaired) electrons. The molecule has 10 heteroatoms. The van der Waals surface area contributed by atoms with E-state index in [0.29, 0.717) is 16.0 Å². The van der Waals surface area contributed by atoms with Crippen LogP contribution >= 0.6 is 34.7 Å². The number of nitrogens with one attached hydrogen (secondary N) is 1. The van der Waals surface area contributed by atoms with Crippen molar-refractivity contribution < 1.29 is 9.53 Å². The van der Waals surface area contributed by atoms with Crippen molar-refractivity contribution in [3.05, 3.63) is 75.4 Å². The zero-order valence-corrected chi connectivity index (χ0v) is 20.2. The maximum absolute atomic E-state index is 12.3. The topological polar surface area (TPSA) is 81.4 Å². The number of ether oxygens (including phenoxy) is 1. The molecule has 0 bridgehead atoms. The highest BCUT2D eigenvalue weighted by Gasteiger charge is 2.17. The fourth-order valence-corrected chi connectivity index (χ4v) is 4.61. The highest BCUT2D eigenvalue weighted by Crippen LogP contribution is 2.29. The summed E-state index contributed by atoms with van der Waals surface area (Å²) in [6, 6.07) is 16.9. The normalized spacial score (nSPS) is 11.1. The quantitative estimate of drug-likeness (QED) is 0.205. The molecule has 0 aliphatic rings. The van der Waals surface area contributed by atoms with Crippen molar-refractivity contribution in [2.45, 2.75) is 12.1 Å². The number of aromatic nitrogens is 3. The van der Waals surface area contributed by atoms with E-state index in [4.69, 9.17) is 16.3 Å². The van der Waals surface area contributed by atoms with E-state index in [1.807, 2.05) is 59.3 Å². The van der Waals surface area contributed by atoms with E-state index in [2.05, 4.69) is 20.7 Å². The Kier molecular flexibility index (Phi) is 7.43. The van der Waals surface area contributed by atoms with E-state index < -0.39 is 0 Å². The van der Waals surface area contributed by atoms with E-state index in [-0.39, 0.29) is 11.7 Å². The first kappa shape index (κ1) is 23.0. The van der Waals surface area contributed by atoms with Crippen LogP contribution in [0.25, 0.3) is 17.1 Å². The van der Waals surface area contributed by atoms with Crippen LogP contribution in [0.5, 0.6) is 5.75 Å². The van der Waals surface area contributed by atoms with Gasteiger partial charge >= 0.3 is 0 Å². The molecule has 0 atom stereocenters. The Labute approximate surface area is 204 Å². The summed E-state index contributed by atoms with van der Waals surface area (Å²) in [5, 5.41) is 16.0. The zero-order valence-electron chi connectivity index (χ0n) is 17.9. The largest absolute Gasteiger partial charge is 0.497 e. The summed E-state index contributed by atoms with van der Waals surface area (Å²) in [4.78, 5) is 13.3. The second-order valence-corrected chi connectivity index (χ2v) is 9.22. The van der Waals surface area contributed by atoms with Gasteiger partial charge in [0.05, 0.1) is 19.1 Å². The third kappa shape index (κ3) is 5.62. The number of carbonyl (C=O) groups excluding carboxylic acids is 1. The Hall–Kier alpha value is -3.14. The van der Waals surface area contributed by atoms with E-state index >= 15 is 0 Å². The number of nitrogens with zero attached hydrogens (tertiary/aromatic N) is 4. The number of thioether (sulfide) groups is 1. The van der Waals surface area contributed by atoms with Crippen molar-refractivity contribution in [2.24, 2.45) is 5.10 Å². The van der Waals surface area contributed by atoms with Crippen molar-refractivity contribution in [1.82, 2.24) is 20.2 Å². The van der Waals surface area contributed by atoms with E-state index in [0.717, 1.165) is 27.4 Å². The maximum Gasteiger partial charge on any atom is 0.250 e. The standard InChI is InChI=1S/C23H20ClN5O2S2/c1-15-11-12-32-20(15)13-25-26-21(30)14-33-23-28-27-22(16-3-9-19(31-2)10-4-16)29(23)18-7-5-17(24)6-8-18/h3-13H,14H2,1-2H3,(H,26,30). The molecule has 0 fully saturated rings. The molecule has 0 aliphatic heterocycles. The molecule has 1 N–H and O–H groups in total. The number of rotatable bonds is 8. The number of benzene rings is 2. The highest BCUT2D eigenvalue weighted by molar-refractivity contribution is 7.99. The van der Waals surface area contributed by atoms with Gasteiger partial charge in [-0.25, -0.2) is 5.43 Å². The van der Waals surface area contributed by atoms with Crippen molar-refractivity contribution >= 4 is 46.8 Å². The fourth-order valence-electron chi connectivity index (χ4n) is 2.96. The maximum atomic E-state index is 12.3. The van der Waals surface area contributed by atoms with Gasteiger partial charge in [0.1, 0.15) is 5.75 Å². The lowest BCUT2D eigenvalue weighted by atomic mass is 10.2. The van der Waals surface area contributed by atoms with Gasteiger partial charge in [-0.3, -0.25) is 9.36 Å². The van der Waals surface area contributed by atoms with Gasteiger partial charge < -0.3 is 4.74 Å². The predicted octanol–water partition coefficient (Wildman–Crippen LogP) is 5.21. The van der Waals surface area contributed by atoms with Crippen molar-refractivity contribution in [2.75, 3.05) is 12.9 Å². The number of carbonyl (C=O) groups is 1. The minimum atomic E-state index is -0.234. The minimum absolute atomic E-state index is 0.134. The third-order valence-electron chi connectivity index (χ3n) is 4.67. The van der Waals surface area contributed by atoms with Crippen LogP contribution in [0.4, 0.5) is 0 Å². The second-order valence-electron chi connectivity index (χ2n) is 6.90. The molecule has 2 heterocycles. The number of aryl methyl sites for hydroxylation is 1. The van der Waals surface area contributed by atoms with Crippen LogP contribution in [0, 0.1) is 6.92 Å². The number of hydrogen-bond acceptors (Lipinski definition) is 7. The van der Waals surface area contributed by atoms with Gasteiger partial charge in [0.25, 0.3) is 5.91 Å². The molecule has 0 spiro atoms. The molecule has 2 aromatic carbocycles. The summed E-state index contributed by atoms with van der Waals surface area (Å²) in [5.41, 5.74) is 5.39. The second kappa shape index (κ2) is 10.7. The van der Waals surface area contributed by atoms with Crippen LogP contribution in [0.1, 0.15) is 10.4 Å². The van der Waals surface area contributed by atoms with Gasteiger partial charge in [-0.15, -0.1) is 21.5 Å². The third-order valence-corrected chi connectivity index (χ3v) is 6.81. The number of hydrogen-bond donors (Lipinski definition) is 1. The molecular weight excluding hydrogens is 478 g/mol. The summed E-state index contributed by atoms with van der Waals surface area (Å²) in [7, 11) is 1.62. The van der Waals surface area contributed by atoms with Crippen LogP contribution in [0.3, 0.4) is 0 Å². The van der Waals surface area contributed by atoms with Crippen molar-refractivity contribution in [3.63, 3.8) is 0 Å². The predicted molar refractivity (Wildman–Crippen MR) is 134 cm³/mol. The molecule has 33 heavy (non-hydrogen) atoms. The monoisotopic (exact) mass is 497 g/mol. The summed E-state index contributed by atoms with van der Waals surface area (Å²) < 4.78 is 7.15. The number of thiophene rings is 1. The molecule has 0 saturated carbocycles. The average molecular weight is 498 g/mol. The van der Waals surface area contributed by atoms with Gasteiger partial charge in [-0.05, 0) is 72.5 Å². The lowest BCUT2D eigenvalue weighted by Gasteiger charge is -2.11. The van der Waals surface area contributed by atoms with Crippen LogP contribution in [-0.2, 0) is 4.79 Å². The van der Waals surface area contributed by atoms with Gasteiger partial charge in [-0.1, -0.05) is 23.4 Å². The molecule has 0 saturated heterocycles. The lowest BCUT2D eigenvalue weighted by molar-refractivity contribution is -0.118. The van der Waals surface area contributed by atoms with E-state index in [1.54, 1.807) is 36.8 Å². The van der Waals surface area contributed by atoms with Crippen molar-refractivity contribution in [3.8, 4) is 22.8 Å². The Morgan fingerprint density at radius 2 is 1.94 bits per heavy atom. The van der Waals surface area contributed by atoms with Gasteiger partial charge in [0.2, 0.25) is 0 Å². The number of methoxy groups -OCH3 is 1. The Balaban J connectivity index is 1.54. The molecule has 1 amide bonds. The first-order chi connectivity index (χ1) is 16.0. The average Bonchev–Trinajstić information content (AvgIpc) is 3.44. The Bertz CT molecular complexity index is 1270. The molecule has 168 valence electrons. The van der Waals surface area contributed by atoms with Crippen LogP contribution in [-0.4, -0.2) is 39.7 Å². The molecule has 4 aromatic rings. The smallest absolute Gasteiger partial charge is 0.250 e. The SMILES string of the molecule is COc1ccc(-c2nnc(SCC(=O)NN=Cc3sccc3C)n2-c2ccc(Cl)cc2)cc1. The van der Waals surface area contributed by atoms with Gasteiger partial charge in [0.15, 0.2) is 11.0 Å². The molecule has 4 rings (SSSR count). The van der Waals surface area contributed by atoms with Crippen LogP contribution in [0.2, 0.25) is 5.02 Å². The van der Waals surface area contributed by atoms with E-state index in [9.17, 15) is 4.79 Å². The molecule has 0 aliphatic carbocycles. The van der Waals surface area contributed by atoms with Crippen molar-refractivity contribution in [1.29, 1.82) is 0 Å². The first-order valence-corrected chi connectivity index (χ1v) is 12.1. The molecule has 0 unspecified atom stereocenters. The zero-order chi connectivity index (χ0) is 23.2. The van der Waals surface area contributed by atoms with Crippen LogP contribution in [0.15, 0.2) is 70.2 Å². The van der Waals surface area contributed by atoms with E-state index in [1.165, 1.54) is 11.8 Å². The number of halogens is 1. The highest BCUT2D eigenvalue weighted by atomic mass is 35.5.